The Morgan fingerprint density at radius 3 is 2.57 bits per heavy atom. The summed E-state index contributed by atoms with van der Waals surface area (Å²) in [7, 11) is -3.62. The molecule has 118 valence electrons. The summed E-state index contributed by atoms with van der Waals surface area (Å²) in [6.45, 7) is 0.464. The zero-order valence-electron chi connectivity index (χ0n) is 11.6. The van der Waals surface area contributed by atoms with Crippen molar-refractivity contribution in [2.24, 2.45) is 11.8 Å². The van der Waals surface area contributed by atoms with Crippen LogP contribution in [0.3, 0.4) is 0 Å². The van der Waals surface area contributed by atoms with Gasteiger partial charge in [0.2, 0.25) is 10.0 Å². The summed E-state index contributed by atoms with van der Waals surface area (Å²) in [6, 6.07) is 4.70. The molecule has 7 heteroatoms. The van der Waals surface area contributed by atoms with E-state index in [0.717, 1.165) is 30.2 Å². The molecule has 1 aromatic carbocycles. The molecule has 0 amide bonds. The molecule has 1 saturated carbocycles. The van der Waals surface area contributed by atoms with Crippen molar-refractivity contribution in [3.63, 3.8) is 0 Å². The highest BCUT2D eigenvalue weighted by Gasteiger charge is 2.26. The molecule has 0 spiro atoms. The fraction of sp³-hybridized carbons (Fsp3) is 0.571. The van der Waals surface area contributed by atoms with E-state index in [1.165, 1.54) is 6.07 Å². The summed E-state index contributed by atoms with van der Waals surface area (Å²) in [4.78, 5) is 0.0868. The molecule has 2 unspecified atom stereocenters. The summed E-state index contributed by atoms with van der Waals surface area (Å²) >= 11 is 9.26. The van der Waals surface area contributed by atoms with Crippen molar-refractivity contribution < 1.29 is 13.5 Å². The lowest BCUT2D eigenvalue weighted by molar-refractivity contribution is 0.136. The molecule has 0 bridgehead atoms. The van der Waals surface area contributed by atoms with Crippen molar-refractivity contribution in [1.82, 2.24) is 4.72 Å². The Morgan fingerprint density at radius 1 is 1.29 bits per heavy atom. The maximum absolute atomic E-state index is 12.3. The van der Waals surface area contributed by atoms with E-state index in [-0.39, 0.29) is 28.4 Å². The van der Waals surface area contributed by atoms with Crippen molar-refractivity contribution in [3.05, 3.63) is 27.7 Å². The second-order valence-corrected chi connectivity index (χ2v) is 8.47. The van der Waals surface area contributed by atoms with Crippen LogP contribution in [0.4, 0.5) is 0 Å². The van der Waals surface area contributed by atoms with Gasteiger partial charge in [-0.2, -0.15) is 0 Å². The molecule has 0 aliphatic heterocycles. The van der Waals surface area contributed by atoms with Gasteiger partial charge < -0.3 is 5.11 Å². The van der Waals surface area contributed by atoms with Gasteiger partial charge >= 0.3 is 0 Å². The van der Waals surface area contributed by atoms with Gasteiger partial charge in [0, 0.05) is 17.6 Å². The third-order valence-corrected chi connectivity index (χ3v) is 6.42. The van der Waals surface area contributed by atoms with Crippen LogP contribution in [0.1, 0.15) is 25.7 Å². The predicted molar refractivity (Wildman–Crippen MR) is 86.9 cm³/mol. The summed E-state index contributed by atoms with van der Waals surface area (Å²) in [5.41, 5.74) is 0. The standard InChI is InChI=1S/C14H19BrClNO3S/c15-12-5-6-14(13(16)7-12)21(19,20)17-8-10-3-1-2-4-11(10)9-18/h5-7,10-11,17-18H,1-4,8-9H2. The van der Waals surface area contributed by atoms with Crippen molar-refractivity contribution in [2.75, 3.05) is 13.2 Å². The summed E-state index contributed by atoms with van der Waals surface area (Å²) in [5.74, 6) is 0.370. The normalized spacial score (nSPS) is 23.2. The van der Waals surface area contributed by atoms with Gasteiger partial charge in [-0.05, 0) is 42.9 Å². The lowest BCUT2D eigenvalue weighted by atomic mass is 9.80. The molecule has 1 aromatic rings. The molecule has 2 N–H and O–H groups in total. The summed E-state index contributed by atoms with van der Waals surface area (Å²) in [6.07, 6.45) is 4.10. The van der Waals surface area contributed by atoms with E-state index in [1.54, 1.807) is 12.1 Å². The van der Waals surface area contributed by atoms with Crippen LogP contribution in [-0.2, 0) is 10.0 Å². The Hall–Kier alpha value is -0.140. The number of halogens is 2. The third kappa shape index (κ3) is 4.42. The predicted octanol–water partition coefficient (Wildman–Crippen LogP) is 3.18. The highest BCUT2D eigenvalue weighted by Crippen LogP contribution is 2.30. The minimum atomic E-state index is -3.62. The Bertz CT molecular complexity index is 594. The first-order chi connectivity index (χ1) is 9.94. The minimum Gasteiger partial charge on any atom is -0.396 e. The van der Waals surface area contributed by atoms with Crippen LogP contribution < -0.4 is 4.72 Å². The number of aliphatic hydroxyl groups excluding tert-OH is 1. The first kappa shape index (κ1) is 17.2. The summed E-state index contributed by atoms with van der Waals surface area (Å²) in [5, 5.41) is 9.57. The van der Waals surface area contributed by atoms with Crippen molar-refractivity contribution in [2.45, 2.75) is 30.6 Å². The molecular formula is C14H19BrClNO3S. The zero-order chi connectivity index (χ0) is 15.5. The van der Waals surface area contributed by atoms with Gasteiger partial charge in [0.25, 0.3) is 0 Å². The van der Waals surface area contributed by atoms with Gasteiger partial charge in [0.1, 0.15) is 4.90 Å². The van der Waals surface area contributed by atoms with E-state index in [4.69, 9.17) is 11.6 Å². The molecule has 4 nitrogen and oxygen atoms in total. The van der Waals surface area contributed by atoms with Gasteiger partial charge in [-0.25, -0.2) is 13.1 Å². The Kier molecular flexibility index (Phi) is 6.08. The molecule has 0 radical (unpaired) electrons. The maximum Gasteiger partial charge on any atom is 0.242 e. The largest absolute Gasteiger partial charge is 0.396 e. The Balaban J connectivity index is 2.07. The Morgan fingerprint density at radius 2 is 1.95 bits per heavy atom. The molecule has 0 aromatic heterocycles. The topological polar surface area (TPSA) is 66.4 Å². The van der Waals surface area contributed by atoms with E-state index < -0.39 is 10.0 Å². The average molecular weight is 397 g/mol. The molecule has 0 saturated heterocycles. The molecule has 0 heterocycles. The minimum absolute atomic E-state index is 0.0868. The maximum atomic E-state index is 12.3. The van der Waals surface area contributed by atoms with Crippen LogP contribution in [0.25, 0.3) is 0 Å². The highest BCUT2D eigenvalue weighted by molar-refractivity contribution is 9.10. The van der Waals surface area contributed by atoms with Crippen LogP contribution in [0.15, 0.2) is 27.6 Å². The van der Waals surface area contributed by atoms with Gasteiger partial charge in [-0.3, -0.25) is 0 Å². The number of hydrogen-bond donors (Lipinski definition) is 2. The second-order valence-electron chi connectivity index (χ2n) is 5.41. The molecule has 1 aliphatic carbocycles. The fourth-order valence-corrected chi connectivity index (χ4v) is 4.91. The molecule has 2 rings (SSSR count). The number of rotatable bonds is 5. The van der Waals surface area contributed by atoms with E-state index in [1.807, 2.05) is 0 Å². The molecule has 2 atom stereocenters. The van der Waals surface area contributed by atoms with E-state index >= 15 is 0 Å². The van der Waals surface area contributed by atoms with Gasteiger partial charge in [0.05, 0.1) is 5.02 Å². The Labute approximate surface area is 139 Å². The smallest absolute Gasteiger partial charge is 0.242 e. The van der Waals surface area contributed by atoms with E-state index in [2.05, 4.69) is 20.7 Å². The third-order valence-electron chi connectivity index (χ3n) is 4.02. The van der Waals surface area contributed by atoms with Gasteiger partial charge in [-0.15, -0.1) is 0 Å². The number of nitrogens with one attached hydrogen (secondary N) is 1. The van der Waals surface area contributed by atoms with Gasteiger partial charge in [-0.1, -0.05) is 40.4 Å². The average Bonchev–Trinajstić information content (AvgIpc) is 2.45. The first-order valence-corrected chi connectivity index (χ1v) is 9.65. The van der Waals surface area contributed by atoms with Crippen LogP contribution in [0.2, 0.25) is 5.02 Å². The van der Waals surface area contributed by atoms with Crippen molar-refractivity contribution in [3.8, 4) is 0 Å². The monoisotopic (exact) mass is 395 g/mol. The van der Waals surface area contributed by atoms with Gasteiger partial charge in [0.15, 0.2) is 0 Å². The van der Waals surface area contributed by atoms with Crippen LogP contribution in [0.5, 0.6) is 0 Å². The number of benzene rings is 1. The molecule has 1 aliphatic rings. The summed E-state index contributed by atoms with van der Waals surface area (Å²) < 4.78 is 28.0. The van der Waals surface area contributed by atoms with E-state index in [9.17, 15) is 13.5 Å². The first-order valence-electron chi connectivity index (χ1n) is 6.99. The van der Waals surface area contributed by atoms with Crippen LogP contribution in [-0.4, -0.2) is 26.7 Å². The lowest BCUT2D eigenvalue weighted by Gasteiger charge is -2.30. The van der Waals surface area contributed by atoms with Crippen molar-refractivity contribution in [1.29, 1.82) is 0 Å². The molecular weight excluding hydrogens is 378 g/mol. The SMILES string of the molecule is O=S(=O)(NCC1CCCCC1CO)c1ccc(Br)cc1Cl. The number of aliphatic hydroxyl groups is 1. The molecule has 1 fully saturated rings. The number of hydrogen-bond acceptors (Lipinski definition) is 3. The van der Waals surface area contributed by atoms with Crippen LogP contribution >= 0.6 is 27.5 Å². The lowest BCUT2D eigenvalue weighted by Crippen LogP contribution is -2.35. The fourth-order valence-electron chi connectivity index (χ4n) is 2.78. The molecule has 21 heavy (non-hydrogen) atoms. The van der Waals surface area contributed by atoms with Crippen molar-refractivity contribution >= 4 is 37.6 Å². The highest BCUT2D eigenvalue weighted by atomic mass is 79.9. The zero-order valence-corrected chi connectivity index (χ0v) is 14.7. The quantitative estimate of drug-likeness (QED) is 0.803. The second kappa shape index (κ2) is 7.42. The van der Waals surface area contributed by atoms with Crippen LogP contribution in [0, 0.1) is 11.8 Å². The number of sulfonamides is 1. The van der Waals surface area contributed by atoms with E-state index in [0.29, 0.717) is 6.54 Å².